The van der Waals surface area contributed by atoms with Gasteiger partial charge in [-0.05, 0) is 35.7 Å². The van der Waals surface area contributed by atoms with Gasteiger partial charge in [-0.25, -0.2) is 15.4 Å². The number of hydrogen-bond donors (Lipinski definition) is 2. The Bertz CT molecular complexity index is 1220. The van der Waals surface area contributed by atoms with Crippen LogP contribution in [-0.4, -0.2) is 22.1 Å². The molecule has 0 spiro atoms. The van der Waals surface area contributed by atoms with Gasteiger partial charge in [-0.2, -0.15) is 5.10 Å². The van der Waals surface area contributed by atoms with E-state index in [0.29, 0.717) is 27.5 Å². The molecule has 4 rings (SSSR count). The molecule has 4 aromatic rings. The van der Waals surface area contributed by atoms with Gasteiger partial charge in [-0.15, -0.1) is 11.3 Å². The van der Waals surface area contributed by atoms with Crippen LogP contribution in [0.15, 0.2) is 66.0 Å². The number of amides is 1. The number of anilines is 1. The lowest BCUT2D eigenvalue weighted by atomic mass is 10.2. The molecule has 0 aliphatic heterocycles. The molecule has 0 saturated carbocycles. The lowest BCUT2D eigenvalue weighted by Gasteiger charge is -2.06. The fraction of sp³-hybridized carbons (Fsp3) is 0.0909. The van der Waals surface area contributed by atoms with Gasteiger partial charge in [0.15, 0.2) is 0 Å². The molecule has 0 fully saturated rings. The average Bonchev–Trinajstić information content (AvgIpc) is 3.11. The number of hydrazone groups is 1. The molecule has 0 bridgehead atoms. The highest BCUT2D eigenvalue weighted by atomic mass is 32.1. The van der Waals surface area contributed by atoms with Crippen molar-refractivity contribution in [2.45, 2.75) is 13.5 Å². The molecule has 0 radical (unpaired) electrons. The molecule has 150 valence electrons. The van der Waals surface area contributed by atoms with E-state index in [1.165, 1.54) is 17.7 Å². The second-order valence-electron chi connectivity index (χ2n) is 6.54. The Balaban J connectivity index is 1.41. The number of aromatic nitrogens is 2. The maximum absolute atomic E-state index is 12.5. The summed E-state index contributed by atoms with van der Waals surface area (Å²) >= 11 is 1.26. The van der Waals surface area contributed by atoms with Crippen molar-refractivity contribution in [2.24, 2.45) is 5.10 Å². The Kier molecular flexibility index (Phi) is 5.67. The Morgan fingerprint density at radius 3 is 2.83 bits per heavy atom. The minimum Gasteiger partial charge on any atom is -0.489 e. The molecular weight excluding hydrogens is 398 g/mol. The topological polar surface area (TPSA) is 102 Å². The highest BCUT2D eigenvalue weighted by Gasteiger charge is 2.17. The number of nitrogens with zero attached hydrogens (tertiary/aromatic N) is 3. The maximum Gasteiger partial charge on any atom is 0.281 e. The van der Waals surface area contributed by atoms with Crippen LogP contribution in [0.25, 0.3) is 10.2 Å². The van der Waals surface area contributed by atoms with Crippen molar-refractivity contribution in [1.29, 1.82) is 0 Å². The van der Waals surface area contributed by atoms with Gasteiger partial charge < -0.3 is 10.5 Å². The minimum atomic E-state index is -0.317. The van der Waals surface area contributed by atoms with Crippen LogP contribution < -0.4 is 15.9 Å². The average molecular weight is 417 g/mol. The van der Waals surface area contributed by atoms with Crippen molar-refractivity contribution in [3.63, 3.8) is 0 Å². The number of nitrogens with two attached hydrogens (primary N) is 1. The van der Waals surface area contributed by atoms with Crippen LogP contribution in [0.1, 0.15) is 26.4 Å². The molecule has 2 aromatic carbocycles. The molecule has 7 nitrogen and oxygen atoms in total. The predicted molar refractivity (Wildman–Crippen MR) is 119 cm³/mol. The van der Waals surface area contributed by atoms with Crippen LogP contribution in [0.5, 0.6) is 5.75 Å². The molecule has 30 heavy (non-hydrogen) atoms. The summed E-state index contributed by atoms with van der Waals surface area (Å²) in [6.45, 7) is 2.31. The first kappa shape index (κ1) is 19.5. The van der Waals surface area contributed by atoms with E-state index < -0.39 is 0 Å². The highest BCUT2D eigenvalue weighted by molar-refractivity contribution is 7.20. The summed E-state index contributed by atoms with van der Waals surface area (Å²) in [6, 6.07) is 17.4. The number of carbonyl (C=O) groups is 1. The molecule has 0 atom stereocenters. The van der Waals surface area contributed by atoms with E-state index in [0.717, 1.165) is 22.4 Å². The Hall–Kier alpha value is -3.78. The van der Waals surface area contributed by atoms with E-state index in [-0.39, 0.29) is 5.91 Å². The first-order valence-corrected chi connectivity index (χ1v) is 10.0. The Morgan fingerprint density at radius 1 is 1.20 bits per heavy atom. The molecule has 1 amide bonds. The number of carbonyl (C=O) groups excluding carboxylic acids is 1. The zero-order valence-electron chi connectivity index (χ0n) is 16.2. The lowest BCUT2D eigenvalue weighted by molar-refractivity contribution is 0.0958. The second-order valence-corrected chi connectivity index (χ2v) is 7.54. The van der Waals surface area contributed by atoms with Crippen molar-refractivity contribution in [3.05, 3.63) is 82.5 Å². The van der Waals surface area contributed by atoms with Crippen LogP contribution in [-0.2, 0) is 6.61 Å². The lowest BCUT2D eigenvalue weighted by Crippen LogP contribution is -2.17. The highest BCUT2D eigenvalue weighted by Crippen LogP contribution is 2.31. The number of benzene rings is 2. The van der Waals surface area contributed by atoms with Gasteiger partial charge in [0.1, 0.15) is 29.3 Å². The van der Waals surface area contributed by atoms with Gasteiger partial charge in [0.2, 0.25) is 0 Å². The second kappa shape index (κ2) is 8.71. The van der Waals surface area contributed by atoms with Crippen molar-refractivity contribution >= 4 is 39.5 Å². The summed E-state index contributed by atoms with van der Waals surface area (Å²) in [7, 11) is 0. The molecular formula is C22H19N5O2S. The minimum absolute atomic E-state index is 0.317. The van der Waals surface area contributed by atoms with E-state index in [4.69, 9.17) is 10.5 Å². The first-order chi connectivity index (χ1) is 14.6. The van der Waals surface area contributed by atoms with Crippen LogP contribution in [0.4, 0.5) is 5.82 Å². The molecule has 8 heteroatoms. The third-order valence-electron chi connectivity index (χ3n) is 4.45. The number of thiophene rings is 1. The molecule has 0 aliphatic carbocycles. The standard InChI is InChI=1S/C22H19N5O2S/c1-14-18-20(23)24-13-25-22(18)30-19(14)21(28)27-26-11-16-8-5-9-17(10-16)29-12-15-6-3-2-4-7-15/h2-11,13H,12H2,1H3,(H,27,28)(H2,23,24,25)/b26-11-. The molecule has 2 heterocycles. The van der Waals surface area contributed by atoms with Gasteiger partial charge in [0, 0.05) is 0 Å². The van der Waals surface area contributed by atoms with Gasteiger partial charge in [-0.1, -0.05) is 42.5 Å². The van der Waals surface area contributed by atoms with Crippen LogP contribution in [0.3, 0.4) is 0 Å². The van der Waals surface area contributed by atoms with E-state index in [2.05, 4.69) is 20.5 Å². The Labute approximate surface area is 177 Å². The number of fused-ring (bicyclic) bond motifs is 1. The van der Waals surface area contributed by atoms with Crippen molar-refractivity contribution in [3.8, 4) is 5.75 Å². The number of nitrogens with one attached hydrogen (secondary N) is 1. The summed E-state index contributed by atoms with van der Waals surface area (Å²) in [5.41, 5.74) is 11.1. The fourth-order valence-corrected chi connectivity index (χ4v) is 4.00. The zero-order chi connectivity index (χ0) is 20.9. The molecule has 0 aliphatic rings. The zero-order valence-corrected chi connectivity index (χ0v) is 17.0. The monoisotopic (exact) mass is 417 g/mol. The largest absolute Gasteiger partial charge is 0.489 e. The summed E-state index contributed by atoms with van der Waals surface area (Å²) in [5.74, 6) is 0.773. The van der Waals surface area contributed by atoms with Crippen molar-refractivity contribution in [1.82, 2.24) is 15.4 Å². The molecule has 0 unspecified atom stereocenters. The number of ether oxygens (including phenoxy) is 1. The number of rotatable bonds is 6. The predicted octanol–water partition coefficient (Wildman–Crippen LogP) is 3.92. The van der Waals surface area contributed by atoms with Crippen LogP contribution in [0, 0.1) is 6.92 Å². The van der Waals surface area contributed by atoms with Crippen LogP contribution in [0.2, 0.25) is 0 Å². The quantitative estimate of drug-likeness (QED) is 0.366. The van der Waals surface area contributed by atoms with Crippen molar-refractivity contribution in [2.75, 3.05) is 5.73 Å². The number of nitrogen functional groups attached to an aromatic ring is 1. The van der Waals surface area contributed by atoms with Gasteiger partial charge in [-0.3, -0.25) is 4.79 Å². The SMILES string of the molecule is Cc1c(C(=O)N/N=C\c2cccc(OCc3ccccc3)c2)sc2ncnc(N)c12. The molecule has 0 saturated heterocycles. The third-order valence-corrected chi connectivity index (χ3v) is 5.65. The fourth-order valence-electron chi connectivity index (χ4n) is 2.96. The smallest absolute Gasteiger partial charge is 0.281 e. The van der Waals surface area contributed by atoms with E-state index in [1.807, 2.05) is 61.5 Å². The summed E-state index contributed by atoms with van der Waals surface area (Å²) in [6.07, 6.45) is 2.96. The number of hydrogen-bond acceptors (Lipinski definition) is 7. The maximum atomic E-state index is 12.5. The Morgan fingerprint density at radius 2 is 2.03 bits per heavy atom. The van der Waals surface area contributed by atoms with Gasteiger partial charge >= 0.3 is 0 Å². The van der Waals surface area contributed by atoms with E-state index in [1.54, 1.807) is 6.21 Å². The molecule has 2 aromatic heterocycles. The number of aryl methyl sites for hydroxylation is 1. The summed E-state index contributed by atoms with van der Waals surface area (Å²) in [5, 5.41) is 4.78. The van der Waals surface area contributed by atoms with E-state index >= 15 is 0 Å². The molecule has 3 N–H and O–H groups in total. The van der Waals surface area contributed by atoms with Gasteiger partial charge in [0.05, 0.1) is 16.5 Å². The first-order valence-electron chi connectivity index (χ1n) is 9.21. The summed E-state index contributed by atoms with van der Waals surface area (Å²) in [4.78, 5) is 21.9. The van der Waals surface area contributed by atoms with Crippen molar-refractivity contribution < 1.29 is 9.53 Å². The third kappa shape index (κ3) is 4.28. The summed E-state index contributed by atoms with van der Waals surface area (Å²) < 4.78 is 5.82. The normalized spacial score (nSPS) is 11.1. The van der Waals surface area contributed by atoms with Crippen LogP contribution >= 0.6 is 11.3 Å². The van der Waals surface area contributed by atoms with E-state index in [9.17, 15) is 4.79 Å². The van der Waals surface area contributed by atoms with Gasteiger partial charge in [0.25, 0.3) is 5.91 Å².